The van der Waals surface area contributed by atoms with E-state index in [4.69, 9.17) is 20.8 Å². The van der Waals surface area contributed by atoms with Crippen molar-refractivity contribution < 1.29 is 22.7 Å². The van der Waals surface area contributed by atoms with Crippen molar-refractivity contribution in [1.82, 2.24) is 4.98 Å². The Balaban J connectivity index is 1.63. The average Bonchev–Trinajstić information content (AvgIpc) is 3.09. The Kier molecular flexibility index (Phi) is 5.71. The van der Waals surface area contributed by atoms with Crippen LogP contribution in [0.25, 0.3) is 11.3 Å². The number of hydrogen-bond donors (Lipinski definition) is 1. The van der Waals surface area contributed by atoms with Crippen LogP contribution < -0.4 is 10.1 Å². The Labute approximate surface area is 158 Å². The number of nitrogens with one attached hydrogen (secondary N) is 1. The highest BCUT2D eigenvalue weighted by Gasteiger charge is 2.14. The number of anilines is 1. The van der Waals surface area contributed by atoms with Crippen LogP contribution in [0, 0.1) is 11.6 Å². The predicted octanol–water partition coefficient (Wildman–Crippen LogP) is 4.85. The number of aryl methyl sites for hydroxylation is 1. The van der Waals surface area contributed by atoms with Gasteiger partial charge in [0.1, 0.15) is 11.6 Å². The van der Waals surface area contributed by atoms with Gasteiger partial charge in [-0.15, -0.1) is 0 Å². The van der Waals surface area contributed by atoms with Crippen LogP contribution in [-0.4, -0.2) is 18.0 Å². The van der Waals surface area contributed by atoms with Crippen LogP contribution >= 0.6 is 11.6 Å². The summed E-state index contributed by atoms with van der Waals surface area (Å²) >= 11 is 6.01. The van der Waals surface area contributed by atoms with Crippen molar-refractivity contribution in [1.29, 1.82) is 0 Å². The summed E-state index contributed by atoms with van der Waals surface area (Å²) in [6, 6.07) is 8.18. The van der Waals surface area contributed by atoms with Gasteiger partial charge in [-0.3, -0.25) is 4.79 Å². The monoisotopic (exact) mass is 392 g/mol. The van der Waals surface area contributed by atoms with E-state index in [0.29, 0.717) is 16.5 Å². The third-order valence-electron chi connectivity index (χ3n) is 3.76. The summed E-state index contributed by atoms with van der Waals surface area (Å²) in [5.74, 6) is -0.907. The first-order valence-corrected chi connectivity index (χ1v) is 8.38. The first-order valence-electron chi connectivity index (χ1n) is 8.00. The van der Waals surface area contributed by atoms with E-state index in [0.717, 1.165) is 12.1 Å². The lowest BCUT2D eigenvalue weighted by Crippen LogP contribution is -2.13. The van der Waals surface area contributed by atoms with Crippen LogP contribution in [0.2, 0.25) is 5.02 Å². The van der Waals surface area contributed by atoms with Gasteiger partial charge in [0.05, 0.1) is 29.6 Å². The fourth-order valence-electron chi connectivity index (χ4n) is 2.49. The molecule has 0 aliphatic rings. The van der Waals surface area contributed by atoms with Crippen molar-refractivity contribution in [2.45, 2.75) is 12.8 Å². The first kappa shape index (κ1) is 18.8. The van der Waals surface area contributed by atoms with E-state index in [-0.39, 0.29) is 36.0 Å². The molecule has 1 aromatic heterocycles. The summed E-state index contributed by atoms with van der Waals surface area (Å²) in [5, 5.41) is 3.09. The normalized spacial score (nSPS) is 10.7. The molecule has 0 saturated heterocycles. The molecule has 0 bridgehead atoms. The molecular weight excluding hydrogens is 378 g/mol. The molecule has 8 heteroatoms. The van der Waals surface area contributed by atoms with Crippen LogP contribution in [-0.2, 0) is 11.2 Å². The number of amides is 1. The fourth-order valence-corrected chi connectivity index (χ4v) is 2.74. The minimum atomic E-state index is -0.747. The molecule has 27 heavy (non-hydrogen) atoms. The van der Waals surface area contributed by atoms with Gasteiger partial charge < -0.3 is 14.5 Å². The van der Waals surface area contributed by atoms with E-state index in [2.05, 4.69) is 10.3 Å². The molecule has 0 fully saturated rings. The standard InChI is InChI=1S/C19H15ClF2N2O3/c1-26-19-13(20)3-2-4-15(19)24-17(25)7-8-18-23-10-16(27-18)12-6-5-11(21)9-14(12)22/h2-6,9-10H,7-8H2,1H3,(H,24,25). The third kappa shape index (κ3) is 4.43. The number of halogens is 3. The smallest absolute Gasteiger partial charge is 0.224 e. The number of methoxy groups -OCH3 is 1. The van der Waals surface area contributed by atoms with Crippen LogP contribution in [0.5, 0.6) is 5.75 Å². The van der Waals surface area contributed by atoms with Gasteiger partial charge in [-0.2, -0.15) is 0 Å². The zero-order chi connectivity index (χ0) is 19.4. The Morgan fingerprint density at radius 1 is 1.30 bits per heavy atom. The molecule has 0 aliphatic heterocycles. The molecule has 1 N–H and O–H groups in total. The summed E-state index contributed by atoms with van der Waals surface area (Å²) in [7, 11) is 1.46. The number of ether oxygens (including phenoxy) is 1. The quantitative estimate of drug-likeness (QED) is 0.651. The minimum absolute atomic E-state index is 0.0848. The Morgan fingerprint density at radius 3 is 2.85 bits per heavy atom. The molecule has 140 valence electrons. The summed E-state index contributed by atoms with van der Waals surface area (Å²) in [5.41, 5.74) is 0.555. The summed E-state index contributed by atoms with van der Waals surface area (Å²) in [6.07, 6.45) is 1.63. The van der Waals surface area contributed by atoms with Crippen LogP contribution in [0.3, 0.4) is 0 Å². The van der Waals surface area contributed by atoms with Crippen LogP contribution in [0.15, 0.2) is 47.0 Å². The molecule has 3 rings (SSSR count). The first-order chi connectivity index (χ1) is 13.0. The molecule has 0 atom stereocenters. The van der Waals surface area contributed by atoms with E-state index >= 15 is 0 Å². The van der Waals surface area contributed by atoms with Crippen molar-refractivity contribution in [2.24, 2.45) is 0 Å². The van der Waals surface area contributed by atoms with Gasteiger partial charge >= 0.3 is 0 Å². The third-order valence-corrected chi connectivity index (χ3v) is 4.06. The Bertz CT molecular complexity index is 975. The summed E-state index contributed by atoms with van der Waals surface area (Å²) in [6.45, 7) is 0. The summed E-state index contributed by atoms with van der Waals surface area (Å²) in [4.78, 5) is 16.2. The number of oxazole rings is 1. The van der Waals surface area contributed by atoms with Gasteiger partial charge in [-0.25, -0.2) is 13.8 Å². The number of carbonyl (C=O) groups is 1. The largest absolute Gasteiger partial charge is 0.493 e. The van der Waals surface area contributed by atoms with Gasteiger partial charge in [0.2, 0.25) is 5.91 Å². The van der Waals surface area contributed by atoms with Crippen molar-refractivity contribution in [3.8, 4) is 17.1 Å². The maximum absolute atomic E-state index is 13.8. The highest BCUT2D eigenvalue weighted by Crippen LogP contribution is 2.32. The average molecular weight is 393 g/mol. The van der Waals surface area contributed by atoms with Crippen molar-refractivity contribution >= 4 is 23.2 Å². The Morgan fingerprint density at radius 2 is 2.11 bits per heavy atom. The number of carbonyl (C=O) groups excluding carboxylic acids is 1. The van der Waals surface area contributed by atoms with Gasteiger partial charge in [-0.05, 0) is 24.3 Å². The highest BCUT2D eigenvalue weighted by molar-refractivity contribution is 6.32. The maximum Gasteiger partial charge on any atom is 0.224 e. The SMILES string of the molecule is COc1c(Cl)cccc1NC(=O)CCc1ncc(-c2ccc(F)cc2F)o1. The zero-order valence-electron chi connectivity index (χ0n) is 14.3. The molecule has 2 aromatic carbocycles. The Hall–Kier alpha value is -2.93. The number of nitrogens with zero attached hydrogens (tertiary/aromatic N) is 1. The van der Waals surface area contributed by atoms with E-state index in [1.54, 1.807) is 18.2 Å². The number of rotatable bonds is 6. The van der Waals surface area contributed by atoms with E-state index < -0.39 is 11.6 Å². The van der Waals surface area contributed by atoms with Gasteiger partial charge in [0.25, 0.3) is 0 Å². The van der Waals surface area contributed by atoms with Crippen molar-refractivity contribution in [3.63, 3.8) is 0 Å². The molecule has 1 amide bonds. The van der Waals surface area contributed by atoms with E-state index in [1.807, 2.05) is 0 Å². The second-order valence-corrected chi connectivity index (χ2v) is 6.02. The number of hydrogen-bond acceptors (Lipinski definition) is 4. The number of aromatic nitrogens is 1. The molecule has 0 spiro atoms. The van der Waals surface area contributed by atoms with Crippen molar-refractivity contribution in [3.05, 3.63) is 65.1 Å². The topological polar surface area (TPSA) is 64.4 Å². The fraction of sp³-hybridized carbons (Fsp3) is 0.158. The van der Waals surface area contributed by atoms with Gasteiger partial charge in [0, 0.05) is 18.9 Å². The lowest BCUT2D eigenvalue weighted by molar-refractivity contribution is -0.116. The molecule has 5 nitrogen and oxygen atoms in total. The van der Waals surface area contributed by atoms with Crippen molar-refractivity contribution in [2.75, 3.05) is 12.4 Å². The second-order valence-electron chi connectivity index (χ2n) is 5.61. The second kappa shape index (κ2) is 8.18. The molecule has 3 aromatic rings. The predicted molar refractivity (Wildman–Crippen MR) is 96.8 cm³/mol. The van der Waals surface area contributed by atoms with Crippen LogP contribution in [0.4, 0.5) is 14.5 Å². The van der Waals surface area contributed by atoms with Crippen LogP contribution in [0.1, 0.15) is 12.3 Å². The minimum Gasteiger partial charge on any atom is -0.493 e. The lowest BCUT2D eigenvalue weighted by atomic mass is 10.2. The van der Waals surface area contributed by atoms with E-state index in [1.165, 1.54) is 19.4 Å². The molecular formula is C19H15ClF2N2O3. The molecule has 0 saturated carbocycles. The maximum atomic E-state index is 13.8. The van der Waals surface area contributed by atoms with E-state index in [9.17, 15) is 13.6 Å². The number of benzene rings is 2. The summed E-state index contributed by atoms with van der Waals surface area (Å²) < 4.78 is 37.4. The van der Waals surface area contributed by atoms with Gasteiger partial charge in [0.15, 0.2) is 17.4 Å². The zero-order valence-corrected chi connectivity index (χ0v) is 15.0. The highest BCUT2D eigenvalue weighted by atomic mass is 35.5. The lowest BCUT2D eigenvalue weighted by Gasteiger charge is -2.10. The molecule has 0 aliphatic carbocycles. The number of para-hydroxylation sites is 1. The molecule has 0 unspecified atom stereocenters. The molecule has 1 heterocycles. The van der Waals surface area contributed by atoms with Gasteiger partial charge in [-0.1, -0.05) is 17.7 Å². The molecule has 0 radical (unpaired) electrons.